The molecular formula is C15H18N2O4. The monoisotopic (exact) mass is 290 g/mol. The molecule has 0 atom stereocenters. The number of Topliss-reactive ketones (excluding diaryl/α,β-unsaturated/α-hetero) is 1. The molecular weight excluding hydrogens is 272 g/mol. The SMILES string of the molecule is COc1ccc2c(c1)C(=O)C(=O)N2CCC(=O)NC(C)C. The molecule has 1 aliphatic rings. The summed E-state index contributed by atoms with van der Waals surface area (Å²) in [6, 6.07) is 4.94. The highest BCUT2D eigenvalue weighted by Gasteiger charge is 2.36. The van der Waals surface area contributed by atoms with Gasteiger partial charge in [-0.05, 0) is 32.0 Å². The summed E-state index contributed by atoms with van der Waals surface area (Å²) in [7, 11) is 1.50. The highest BCUT2D eigenvalue weighted by molar-refractivity contribution is 6.52. The number of ether oxygens (including phenoxy) is 1. The number of benzene rings is 1. The first-order chi connectivity index (χ1) is 9.93. The molecule has 2 rings (SSSR count). The Labute approximate surface area is 123 Å². The van der Waals surface area contributed by atoms with Crippen LogP contribution in [0.2, 0.25) is 0 Å². The van der Waals surface area contributed by atoms with E-state index in [-0.39, 0.29) is 24.9 Å². The van der Waals surface area contributed by atoms with Crippen LogP contribution in [0, 0.1) is 0 Å². The van der Waals surface area contributed by atoms with Crippen LogP contribution in [0.5, 0.6) is 5.75 Å². The predicted molar refractivity (Wildman–Crippen MR) is 77.6 cm³/mol. The second kappa shape index (κ2) is 5.95. The number of carbonyl (C=O) groups excluding carboxylic acids is 3. The van der Waals surface area contributed by atoms with E-state index in [9.17, 15) is 14.4 Å². The molecule has 1 aromatic carbocycles. The summed E-state index contributed by atoms with van der Waals surface area (Å²) in [5, 5.41) is 2.75. The van der Waals surface area contributed by atoms with Gasteiger partial charge in [-0.15, -0.1) is 0 Å². The van der Waals surface area contributed by atoms with E-state index in [0.717, 1.165) is 0 Å². The first-order valence-electron chi connectivity index (χ1n) is 6.77. The van der Waals surface area contributed by atoms with Gasteiger partial charge in [0, 0.05) is 19.0 Å². The number of hydrogen-bond acceptors (Lipinski definition) is 4. The van der Waals surface area contributed by atoms with Gasteiger partial charge in [-0.1, -0.05) is 0 Å². The number of methoxy groups -OCH3 is 1. The number of rotatable bonds is 5. The van der Waals surface area contributed by atoms with Crippen molar-refractivity contribution in [1.82, 2.24) is 5.32 Å². The van der Waals surface area contributed by atoms with E-state index in [0.29, 0.717) is 17.0 Å². The molecule has 21 heavy (non-hydrogen) atoms. The molecule has 0 radical (unpaired) electrons. The Bertz CT molecular complexity index is 595. The Hall–Kier alpha value is -2.37. The van der Waals surface area contributed by atoms with Crippen molar-refractivity contribution < 1.29 is 19.1 Å². The molecule has 6 heteroatoms. The number of fused-ring (bicyclic) bond motifs is 1. The number of nitrogens with one attached hydrogen (secondary N) is 1. The zero-order valence-electron chi connectivity index (χ0n) is 12.3. The number of hydrogen-bond donors (Lipinski definition) is 1. The Morgan fingerprint density at radius 1 is 1.33 bits per heavy atom. The standard InChI is InChI=1S/C15H18N2O4/c1-9(2)16-13(18)6-7-17-12-5-4-10(21-3)8-11(12)14(19)15(17)20/h4-5,8-9H,6-7H2,1-3H3,(H,16,18). The van der Waals surface area contributed by atoms with E-state index in [1.54, 1.807) is 18.2 Å². The van der Waals surface area contributed by atoms with E-state index < -0.39 is 11.7 Å². The van der Waals surface area contributed by atoms with E-state index in [4.69, 9.17) is 4.74 Å². The maximum Gasteiger partial charge on any atom is 0.299 e. The smallest absolute Gasteiger partial charge is 0.299 e. The van der Waals surface area contributed by atoms with Crippen LogP contribution >= 0.6 is 0 Å². The molecule has 1 aromatic rings. The summed E-state index contributed by atoms with van der Waals surface area (Å²) in [6.45, 7) is 3.91. The van der Waals surface area contributed by atoms with Crippen LogP contribution in [0.4, 0.5) is 5.69 Å². The van der Waals surface area contributed by atoms with Gasteiger partial charge in [0.05, 0.1) is 18.4 Å². The fourth-order valence-corrected chi connectivity index (χ4v) is 2.24. The maximum absolute atomic E-state index is 12.0. The molecule has 0 saturated heterocycles. The summed E-state index contributed by atoms with van der Waals surface area (Å²) in [5.41, 5.74) is 0.853. The number of anilines is 1. The van der Waals surface area contributed by atoms with Gasteiger partial charge in [0.1, 0.15) is 5.75 Å². The van der Waals surface area contributed by atoms with Crippen molar-refractivity contribution in [1.29, 1.82) is 0 Å². The fourth-order valence-electron chi connectivity index (χ4n) is 2.24. The highest BCUT2D eigenvalue weighted by Crippen LogP contribution is 2.31. The van der Waals surface area contributed by atoms with Gasteiger partial charge < -0.3 is 15.0 Å². The second-order valence-corrected chi connectivity index (χ2v) is 5.14. The Morgan fingerprint density at radius 2 is 2.05 bits per heavy atom. The molecule has 0 aliphatic carbocycles. The van der Waals surface area contributed by atoms with E-state index in [2.05, 4.69) is 5.32 Å². The van der Waals surface area contributed by atoms with Gasteiger partial charge in [0.15, 0.2) is 0 Å². The van der Waals surface area contributed by atoms with Crippen molar-refractivity contribution >= 4 is 23.3 Å². The van der Waals surface area contributed by atoms with Crippen LogP contribution in [0.25, 0.3) is 0 Å². The lowest BCUT2D eigenvalue weighted by molar-refractivity contribution is -0.121. The topological polar surface area (TPSA) is 75.7 Å². The molecule has 0 spiro atoms. The van der Waals surface area contributed by atoms with Gasteiger partial charge >= 0.3 is 0 Å². The van der Waals surface area contributed by atoms with E-state index in [1.165, 1.54) is 12.0 Å². The highest BCUT2D eigenvalue weighted by atomic mass is 16.5. The van der Waals surface area contributed by atoms with Crippen molar-refractivity contribution in [3.8, 4) is 5.75 Å². The van der Waals surface area contributed by atoms with E-state index >= 15 is 0 Å². The third kappa shape index (κ3) is 3.04. The normalized spacial score (nSPS) is 13.6. The summed E-state index contributed by atoms with van der Waals surface area (Å²) in [4.78, 5) is 37.0. The molecule has 0 fully saturated rings. The van der Waals surface area contributed by atoms with Crippen LogP contribution in [-0.2, 0) is 9.59 Å². The molecule has 2 amide bonds. The molecule has 0 bridgehead atoms. The number of amides is 2. The molecule has 112 valence electrons. The average molecular weight is 290 g/mol. The fraction of sp³-hybridized carbons (Fsp3) is 0.400. The predicted octanol–water partition coefficient (Wildman–Crippen LogP) is 1.14. The van der Waals surface area contributed by atoms with Crippen molar-refractivity contribution in [3.63, 3.8) is 0 Å². The first kappa shape index (κ1) is 15.0. The lowest BCUT2D eigenvalue weighted by Gasteiger charge is -2.17. The molecule has 6 nitrogen and oxygen atoms in total. The van der Waals surface area contributed by atoms with Gasteiger partial charge in [0.25, 0.3) is 11.7 Å². The van der Waals surface area contributed by atoms with Crippen LogP contribution in [-0.4, -0.2) is 37.3 Å². The van der Waals surface area contributed by atoms with Crippen molar-refractivity contribution in [2.75, 3.05) is 18.6 Å². The maximum atomic E-state index is 12.0. The van der Waals surface area contributed by atoms with Crippen molar-refractivity contribution in [2.24, 2.45) is 0 Å². The third-order valence-corrected chi connectivity index (χ3v) is 3.19. The first-order valence-corrected chi connectivity index (χ1v) is 6.77. The average Bonchev–Trinajstić information content (AvgIpc) is 2.68. The lowest BCUT2D eigenvalue weighted by atomic mass is 10.1. The largest absolute Gasteiger partial charge is 0.497 e. The Kier molecular flexibility index (Phi) is 4.26. The number of nitrogens with zero attached hydrogens (tertiary/aromatic N) is 1. The quantitative estimate of drug-likeness (QED) is 0.825. The summed E-state index contributed by atoms with van der Waals surface area (Å²) in [5.74, 6) is -0.787. The molecule has 1 heterocycles. The van der Waals surface area contributed by atoms with Gasteiger partial charge in [-0.2, -0.15) is 0 Å². The molecule has 0 saturated carbocycles. The molecule has 0 aromatic heterocycles. The zero-order chi connectivity index (χ0) is 15.6. The van der Waals surface area contributed by atoms with E-state index in [1.807, 2.05) is 13.8 Å². The Morgan fingerprint density at radius 3 is 2.67 bits per heavy atom. The molecule has 0 unspecified atom stereocenters. The summed E-state index contributed by atoms with van der Waals surface area (Å²) >= 11 is 0. The molecule has 1 aliphatic heterocycles. The van der Waals surface area contributed by atoms with Gasteiger partial charge in [-0.3, -0.25) is 14.4 Å². The molecule has 1 N–H and O–H groups in total. The van der Waals surface area contributed by atoms with Crippen LogP contribution in [0.1, 0.15) is 30.6 Å². The Balaban J connectivity index is 2.14. The lowest BCUT2D eigenvalue weighted by Crippen LogP contribution is -2.36. The van der Waals surface area contributed by atoms with Crippen molar-refractivity contribution in [2.45, 2.75) is 26.3 Å². The summed E-state index contributed by atoms with van der Waals surface area (Å²) in [6.07, 6.45) is 0.155. The van der Waals surface area contributed by atoms with Crippen LogP contribution < -0.4 is 15.0 Å². The minimum absolute atomic E-state index is 0.0463. The summed E-state index contributed by atoms with van der Waals surface area (Å²) < 4.78 is 5.05. The second-order valence-electron chi connectivity index (χ2n) is 5.14. The minimum Gasteiger partial charge on any atom is -0.497 e. The van der Waals surface area contributed by atoms with Crippen LogP contribution in [0.15, 0.2) is 18.2 Å². The zero-order valence-corrected chi connectivity index (χ0v) is 12.3. The van der Waals surface area contributed by atoms with Gasteiger partial charge in [0.2, 0.25) is 5.91 Å². The van der Waals surface area contributed by atoms with Gasteiger partial charge in [-0.25, -0.2) is 0 Å². The third-order valence-electron chi connectivity index (χ3n) is 3.19. The van der Waals surface area contributed by atoms with Crippen LogP contribution in [0.3, 0.4) is 0 Å². The minimum atomic E-state index is -0.601. The number of carbonyl (C=O) groups is 3. The number of ketones is 1. The van der Waals surface area contributed by atoms with Crippen molar-refractivity contribution in [3.05, 3.63) is 23.8 Å².